The number of hydrogen-bond donors (Lipinski definition) is 2. The number of unbranched alkanes of at least 4 members (excludes halogenated alkanes) is 12. The molecule has 0 bridgehead atoms. The van der Waals surface area contributed by atoms with Crippen LogP contribution in [0.25, 0.3) is 11.2 Å². The van der Waals surface area contributed by atoms with Gasteiger partial charge in [-0.3, -0.25) is 4.79 Å². The Balaban J connectivity index is 1.41. The minimum absolute atomic E-state index is 0.116. The third-order valence-corrected chi connectivity index (χ3v) is 6.63. The summed E-state index contributed by atoms with van der Waals surface area (Å²) in [7, 11) is 0. The predicted octanol–water partition coefficient (Wildman–Crippen LogP) is 5.89. The van der Waals surface area contributed by atoms with Gasteiger partial charge in [-0.2, -0.15) is 4.98 Å². The molecule has 0 fully saturated rings. The number of nitrogens with zero attached hydrogens (tertiary/aromatic N) is 4. The molecule has 11 heteroatoms. The van der Waals surface area contributed by atoms with Crippen molar-refractivity contribution >= 4 is 46.3 Å². The summed E-state index contributed by atoms with van der Waals surface area (Å²) in [6.07, 6.45) is 13.5. The van der Waals surface area contributed by atoms with Crippen LogP contribution < -0.4 is 0 Å². The summed E-state index contributed by atoms with van der Waals surface area (Å²) in [4.78, 5) is 34.9. The van der Waals surface area contributed by atoms with Gasteiger partial charge >= 0.3 is 11.9 Å². The lowest BCUT2D eigenvalue weighted by Gasteiger charge is -2.10. The third kappa shape index (κ3) is 10.6. The van der Waals surface area contributed by atoms with Gasteiger partial charge in [0.25, 0.3) is 0 Å². The number of aryl methyl sites for hydroxylation is 2. The second-order valence-corrected chi connectivity index (χ2v) is 9.81. The highest BCUT2D eigenvalue weighted by Gasteiger charge is 2.20. The van der Waals surface area contributed by atoms with E-state index >= 15 is 0 Å². The number of aromatic nitrogens is 4. The number of aliphatic hydroxyl groups excluding tert-OH is 1. The molecule has 0 radical (unpaired) electrons. The largest absolute Gasteiger partial charge is 0.478 e. The number of aliphatic hydroxyl groups is 1. The van der Waals surface area contributed by atoms with Gasteiger partial charge in [-0.25, -0.2) is 14.8 Å². The molecular weight excluding hydrogens is 507 g/mol. The fourth-order valence-electron chi connectivity index (χ4n) is 4.22. The molecular formula is C25H38Cl2N4O5. The molecule has 0 spiro atoms. The number of halogens is 2. The maximum Gasteiger partial charge on any atom is 0.347 e. The molecule has 1 unspecified atom stereocenters. The summed E-state index contributed by atoms with van der Waals surface area (Å²) in [5.41, 5.74) is 1.31. The van der Waals surface area contributed by atoms with Crippen LogP contribution in [0.3, 0.4) is 0 Å². The van der Waals surface area contributed by atoms with Gasteiger partial charge in [-0.1, -0.05) is 82.2 Å². The van der Waals surface area contributed by atoms with Crippen LogP contribution in [0.5, 0.6) is 0 Å². The highest BCUT2D eigenvalue weighted by atomic mass is 35.5. The second-order valence-electron chi connectivity index (χ2n) is 9.11. The number of ether oxygens (including phenoxy) is 1. The van der Waals surface area contributed by atoms with E-state index in [0.29, 0.717) is 17.2 Å². The molecule has 1 atom stereocenters. The number of rotatable bonds is 19. The SMILES string of the molecule is Cc1nc2nc(Cl)nc(Cl)c2n1CCCCCCCCCCCCCCCC(=O)OC(CO)C(=O)O. The van der Waals surface area contributed by atoms with Gasteiger partial charge in [-0.15, -0.1) is 0 Å². The number of esters is 1. The summed E-state index contributed by atoms with van der Waals surface area (Å²) in [6, 6.07) is 0. The molecule has 36 heavy (non-hydrogen) atoms. The van der Waals surface area contributed by atoms with E-state index in [1.807, 2.05) is 6.92 Å². The highest BCUT2D eigenvalue weighted by molar-refractivity contribution is 6.35. The normalized spacial score (nSPS) is 12.2. The van der Waals surface area contributed by atoms with Crippen LogP contribution >= 0.6 is 23.2 Å². The van der Waals surface area contributed by atoms with Crippen molar-refractivity contribution < 1.29 is 24.5 Å². The Morgan fingerprint density at radius 2 is 1.39 bits per heavy atom. The zero-order valence-electron chi connectivity index (χ0n) is 21.1. The number of fused-ring (bicyclic) bond motifs is 1. The Morgan fingerprint density at radius 3 is 1.92 bits per heavy atom. The van der Waals surface area contributed by atoms with Gasteiger partial charge in [0.2, 0.25) is 11.4 Å². The maximum absolute atomic E-state index is 11.6. The van der Waals surface area contributed by atoms with Crippen molar-refractivity contribution in [3.63, 3.8) is 0 Å². The molecule has 0 aliphatic rings. The molecule has 2 aromatic rings. The molecule has 2 rings (SSSR count). The van der Waals surface area contributed by atoms with Crippen molar-refractivity contribution in [3.05, 3.63) is 16.3 Å². The first-order chi connectivity index (χ1) is 17.3. The summed E-state index contributed by atoms with van der Waals surface area (Å²) < 4.78 is 6.79. The van der Waals surface area contributed by atoms with Crippen LogP contribution in [0, 0.1) is 6.92 Å². The number of carbonyl (C=O) groups excluding carboxylic acids is 1. The Morgan fingerprint density at radius 1 is 0.861 bits per heavy atom. The van der Waals surface area contributed by atoms with Crippen LogP contribution in [-0.2, 0) is 20.9 Å². The van der Waals surface area contributed by atoms with Gasteiger partial charge < -0.3 is 19.5 Å². The lowest BCUT2D eigenvalue weighted by atomic mass is 10.0. The van der Waals surface area contributed by atoms with Crippen LogP contribution in [0.1, 0.15) is 95.7 Å². The Kier molecular flexibility index (Phi) is 14.0. The van der Waals surface area contributed by atoms with Crippen molar-refractivity contribution in [1.29, 1.82) is 0 Å². The van der Waals surface area contributed by atoms with Crippen molar-refractivity contribution in [2.24, 2.45) is 0 Å². The smallest absolute Gasteiger partial charge is 0.347 e. The first kappa shape index (κ1) is 30.3. The van der Waals surface area contributed by atoms with Crippen LogP contribution in [-0.4, -0.2) is 54.4 Å². The molecule has 0 aromatic carbocycles. The van der Waals surface area contributed by atoms with Gasteiger partial charge in [0.15, 0.2) is 10.8 Å². The van der Waals surface area contributed by atoms with Gasteiger partial charge in [0.05, 0.1) is 6.61 Å². The average molecular weight is 546 g/mol. The number of carboxylic acids is 1. The Hall–Kier alpha value is -1.97. The van der Waals surface area contributed by atoms with Crippen LogP contribution in [0.4, 0.5) is 0 Å². The number of carbonyl (C=O) groups is 2. The van der Waals surface area contributed by atoms with Gasteiger partial charge in [0, 0.05) is 13.0 Å². The highest BCUT2D eigenvalue weighted by Crippen LogP contribution is 2.24. The zero-order chi connectivity index (χ0) is 26.3. The fourth-order valence-corrected chi connectivity index (χ4v) is 4.69. The molecule has 2 heterocycles. The van der Waals surface area contributed by atoms with E-state index < -0.39 is 24.6 Å². The van der Waals surface area contributed by atoms with E-state index in [1.165, 1.54) is 44.9 Å². The molecule has 9 nitrogen and oxygen atoms in total. The zero-order valence-corrected chi connectivity index (χ0v) is 22.6. The topological polar surface area (TPSA) is 127 Å². The van der Waals surface area contributed by atoms with Gasteiger partial charge in [0.1, 0.15) is 11.3 Å². The molecule has 2 aromatic heterocycles. The molecule has 0 saturated carbocycles. The van der Waals surface area contributed by atoms with E-state index in [4.69, 9.17) is 38.2 Å². The van der Waals surface area contributed by atoms with Crippen molar-refractivity contribution in [2.75, 3.05) is 6.61 Å². The number of imidazole rings is 1. The summed E-state index contributed by atoms with van der Waals surface area (Å²) in [6.45, 7) is 2.09. The van der Waals surface area contributed by atoms with Gasteiger partial charge in [-0.05, 0) is 31.4 Å². The number of aliphatic carboxylic acids is 1. The minimum atomic E-state index is -1.46. The predicted molar refractivity (Wildman–Crippen MR) is 139 cm³/mol. The van der Waals surface area contributed by atoms with Crippen molar-refractivity contribution in [1.82, 2.24) is 19.5 Å². The monoisotopic (exact) mass is 544 g/mol. The first-order valence-electron chi connectivity index (χ1n) is 12.9. The van der Waals surface area contributed by atoms with E-state index in [9.17, 15) is 9.59 Å². The first-order valence-corrected chi connectivity index (χ1v) is 13.7. The summed E-state index contributed by atoms with van der Waals surface area (Å²) in [5, 5.41) is 18.1. The van der Waals surface area contributed by atoms with Crippen molar-refractivity contribution in [3.8, 4) is 0 Å². The van der Waals surface area contributed by atoms with E-state index in [-0.39, 0.29) is 11.7 Å². The molecule has 2 N–H and O–H groups in total. The molecule has 0 aliphatic carbocycles. The lowest BCUT2D eigenvalue weighted by molar-refractivity contribution is -0.166. The second kappa shape index (κ2) is 16.7. The van der Waals surface area contributed by atoms with E-state index in [1.54, 1.807) is 0 Å². The molecule has 202 valence electrons. The fraction of sp³-hybridized carbons (Fsp3) is 0.720. The lowest BCUT2D eigenvalue weighted by Crippen LogP contribution is -2.30. The van der Waals surface area contributed by atoms with E-state index in [2.05, 4.69) is 19.5 Å². The minimum Gasteiger partial charge on any atom is -0.478 e. The summed E-state index contributed by atoms with van der Waals surface area (Å²) in [5.74, 6) is -1.02. The Bertz CT molecular complexity index is 970. The van der Waals surface area contributed by atoms with Crippen molar-refractivity contribution in [2.45, 2.75) is 109 Å². The van der Waals surface area contributed by atoms with E-state index in [0.717, 1.165) is 50.0 Å². The van der Waals surface area contributed by atoms with Crippen LogP contribution in [0.15, 0.2) is 0 Å². The third-order valence-electron chi connectivity index (χ3n) is 6.20. The number of carboxylic acid groups (broad SMARTS) is 1. The Labute approximate surface area is 222 Å². The number of hydrogen-bond acceptors (Lipinski definition) is 7. The molecule has 0 amide bonds. The molecule has 0 aliphatic heterocycles. The maximum atomic E-state index is 11.6. The summed E-state index contributed by atoms with van der Waals surface area (Å²) >= 11 is 12.1. The van der Waals surface area contributed by atoms with Crippen LogP contribution in [0.2, 0.25) is 10.4 Å². The average Bonchev–Trinajstić information content (AvgIpc) is 3.14. The standard InChI is InChI=1S/C25H38Cl2N4O5/c1-18-28-23-21(22(26)29-25(27)30-23)31(18)16-14-12-10-8-6-4-2-3-5-7-9-11-13-15-20(33)36-19(17-32)24(34)35/h19,32H,2-17H2,1H3,(H,34,35). The quantitative estimate of drug-likeness (QED) is 0.0968. The molecule has 0 saturated heterocycles.